The molecule has 3 heterocycles. The molecule has 0 bridgehead atoms. The predicted molar refractivity (Wildman–Crippen MR) is 79.2 cm³/mol. The van der Waals surface area contributed by atoms with Crippen molar-refractivity contribution >= 4 is 17.8 Å². The highest BCUT2D eigenvalue weighted by Gasteiger charge is 2.15. The van der Waals surface area contributed by atoms with E-state index >= 15 is 0 Å². The number of amides is 1. The van der Waals surface area contributed by atoms with Crippen molar-refractivity contribution in [1.29, 1.82) is 0 Å². The lowest BCUT2D eigenvalue weighted by molar-refractivity contribution is 0.0948. The molecule has 0 saturated carbocycles. The Bertz CT molecular complexity index is 807. The van der Waals surface area contributed by atoms with E-state index in [-0.39, 0.29) is 5.91 Å². The van der Waals surface area contributed by atoms with Crippen LogP contribution >= 0.6 is 0 Å². The minimum Gasteiger partial charge on any atom is -0.295 e. The maximum Gasteiger partial charge on any atom is 0.290 e. The lowest BCUT2D eigenvalue weighted by Crippen LogP contribution is -2.20. The number of nitrogens with zero attached hydrogens (tertiary/aromatic N) is 4. The third kappa shape index (κ3) is 2.64. The van der Waals surface area contributed by atoms with Gasteiger partial charge in [0.05, 0.1) is 17.6 Å². The van der Waals surface area contributed by atoms with Gasteiger partial charge in [0.1, 0.15) is 11.3 Å². The Morgan fingerprint density at radius 3 is 2.95 bits per heavy atom. The van der Waals surface area contributed by atoms with Gasteiger partial charge in [-0.15, -0.1) is 0 Å². The number of hydrogen-bond acceptors (Lipinski definition) is 4. The molecule has 1 N–H and O–H groups in total. The van der Waals surface area contributed by atoms with E-state index in [0.29, 0.717) is 17.1 Å². The van der Waals surface area contributed by atoms with Crippen molar-refractivity contribution in [2.45, 2.75) is 6.92 Å². The number of pyridine rings is 2. The van der Waals surface area contributed by atoms with Gasteiger partial charge in [-0.1, -0.05) is 12.1 Å². The first-order chi connectivity index (χ1) is 10.3. The Hall–Kier alpha value is -3.02. The number of fused-ring (bicyclic) bond motifs is 1. The molecule has 0 aliphatic heterocycles. The molecule has 6 nitrogen and oxygen atoms in total. The van der Waals surface area contributed by atoms with E-state index < -0.39 is 0 Å². The smallest absolute Gasteiger partial charge is 0.290 e. The number of carbonyl (C=O) groups excluding carboxylic acids is 1. The van der Waals surface area contributed by atoms with Crippen molar-refractivity contribution in [2.24, 2.45) is 5.10 Å². The Kier molecular flexibility index (Phi) is 3.42. The van der Waals surface area contributed by atoms with Crippen LogP contribution in [-0.2, 0) is 0 Å². The first-order valence-electron chi connectivity index (χ1n) is 6.44. The summed E-state index contributed by atoms with van der Waals surface area (Å²) in [6.45, 7) is 1.80. The van der Waals surface area contributed by atoms with E-state index in [9.17, 15) is 4.79 Å². The summed E-state index contributed by atoms with van der Waals surface area (Å²) in [5, 5.41) is 3.92. The maximum absolute atomic E-state index is 12.2. The summed E-state index contributed by atoms with van der Waals surface area (Å²) in [6, 6.07) is 11.0. The van der Waals surface area contributed by atoms with Gasteiger partial charge in [0.15, 0.2) is 0 Å². The van der Waals surface area contributed by atoms with Crippen LogP contribution in [-0.4, -0.2) is 26.5 Å². The highest BCUT2D eigenvalue weighted by molar-refractivity contribution is 5.95. The van der Waals surface area contributed by atoms with Gasteiger partial charge >= 0.3 is 0 Å². The number of hydrazone groups is 1. The van der Waals surface area contributed by atoms with Gasteiger partial charge in [-0.3, -0.25) is 14.2 Å². The third-order valence-corrected chi connectivity index (χ3v) is 2.97. The molecule has 0 unspecified atom stereocenters. The van der Waals surface area contributed by atoms with Crippen LogP contribution in [0.1, 0.15) is 21.9 Å². The topological polar surface area (TPSA) is 71.7 Å². The first kappa shape index (κ1) is 13.0. The summed E-state index contributed by atoms with van der Waals surface area (Å²) in [5.74, 6) is -0.307. The van der Waals surface area contributed by atoms with Crippen LogP contribution in [0, 0.1) is 6.92 Å². The Morgan fingerprint density at radius 2 is 2.14 bits per heavy atom. The maximum atomic E-state index is 12.2. The average molecular weight is 279 g/mol. The molecule has 3 aromatic heterocycles. The Balaban J connectivity index is 1.82. The summed E-state index contributed by atoms with van der Waals surface area (Å²) in [5.41, 5.74) is 5.04. The van der Waals surface area contributed by atoms with Crippen LogP contribution < -0.4 is 5.43 Å². The number of carbonyl (C=O) groups is 1. The van der Waals surface area contributed by atoms with E-state index in [1.807, 2.05) is 30.3 Å². The van der Waals surface area contributed by atoms with Crippen LogP contribution in [0.15, 0.2) is 53.9 Å². The molecule has 0 aromatic carbocycles. The molecular weight excluding hydrogens is 266 g/mol. The monoisotopic (exact) mass is 279 g/mol. The predicted octanol–water partition coefficient (Wildman–Crippen LogP) is 1.80. The zero-order valence-electron chi connectivity index (χ0n) is 11.4. The minimum absolute atomic E-state index is 0.307. The van der Waals surface area contributed by atoms with Crippen molar-refractivity contribution in [1.82, 2.24) is 19.8 Å². The Labute approximate surface area is 121 Å². The normalized spacial score (nSPS) is 11.1. The van der Waals surface area contributed by atoms with E-state index in [1.165, 1.54) is 6.21 Å². The molecular formula is C15H13N5O. The van der Waals surface area contributed by atoms with Crippen molar-refractivity contribution < 1.29 is 4.79 Å². The number of rotatable bonds is 3. The summed E-state index contributed by atoms with van der Waals surface area (Å²) >= 11 is 0. The SMILES string of the molecule is Cc1nc2ccccn2c1C(=O)N/N=C\c1ccccn1. The molecule has 1 amide bonds. The standard InChI is InChI=1S/C15H13N5O/c1-11-14(20-9-5-3-7-13(20)18-11)15(21)19-17-10-12-6-2-4-8-16-12/h2-10H,1H3,(H,19,21)/b17-10-. The number of nitrogens with one attached hydrogen (secondary N) is 1. The molecule has 0 atom stereocenters. The molecule has 0 fully saturated rings. The van der Waals surface area contributed by atoms with Crippen molar-refractivity contribution in [3.05, 3.63) is 65.9 Å². The molecule has 0 aliphatic carbocycles. The van der Waals surface area contributed by atoms with Crippen molar-refractivity contribution in [2.75, 3.05) is 0 Å². The van der Waals surface area contributed by atoms with E-state index in [2.05, 4.69) is 20.5 Å². The highest BCUT2D eigenvalue weighted by atomic mass is 16.2. The fourth-order valence-corrected chi connectivity index (χ4v) is 2.05. The molecule has 0 aliphatic rings. The lowest BCUT2D eigenvalue weighted by atomic mass is 10.3. The number of aromatic nitrogens is 3. The van der Waals surface area contributed by atoms with E-state index in [0.717, 1.165) is 5.65 Å². The number of aryl methyl sites for hydroxylation is 1. The molecule has 104 valence electrons. The summed E-state index contributed by atoms with van der Waals surface area (Å²) < 4.78 is 1.74. The van der Waals surface area contributed by atoms with Crippen LogP contribution in [0.5, 0.6) is 0 Å². The van der Waals surface area contributed by atoms with Crippen LogP contribution in [0.2, 0.25) is 0 Å². The van der Waals surface area contributed by atoms with Crippen LogP contribution in [0.25, 0.3) is 5.65 Å². The molecule has 0 radical (unpaired) electrons. The third-order valence-electron chi connectivity index (χ3n) is 2.97. The van der Waals surface area contributed by atoms with Crippen LogP contribution in [0.3, 0.4) is 0 Å². The molecule has 21 heavy (non-hydrogen) atoms. The van der Waals surface area contributed by atoms with Crippen molar-refractivity contribution in [3.8, 4) is 0 Å². The minimum atomic E-state index is -0.307. The van der Waals surface area contributed by atoms with Crippen LogP contribution in [0.4, 0.5) is 0 Å². The van der Waals surface area contributed by atoms with E-state index in [1.54, 1.807) is 29.8 Å². The van der Waals surface area contributed by atoms with E-state index in [4.69, 9.17) is 0 Å². The first-order valence-corrected chi connectivity index (χ1v) is 6.44. The van der Waals surface area contributed by atoms with Gasteiger partial charge in [0, 0.05) is 12.4 Å². The molecule has 0 spiro atoms. The Morgan fingerprint density at radius 1 is 1.29 bits per heavy atom. The highest BCUT2D eigenvalue weighted by Crippen LogP contribution is 2.11. The summed E-state index contributed by atoms with van der Waals surface area (Å²) in [4.78, 5) is 20.7. The summed E-state index contributed by atoms with van der Waals surface area (Å²) in [6.07, 6.45) is 4.96. The molecule has 6 heteroatoms. The fraction of sp³-hybridized carbons (Fsp3) is 0.0667. The lowest BCUT2D eigenvalue weighted by Gasteiger charge is -2.01. The van der Waals surface area contributed by atoms with Gasteiger partial charge in [0.2, 0.25) is 0 Å². The number of hydrogen-bond donors (Lipinski definition) is 1. The largest absolute Gasteiger partial charge is 0.295 e. The van der Waals surface area contributed by atoms with Crippen molar-refractivity contribution in [3.63, 3.8) is 0 Å². The van der Waals surface area contributed by atoms with Gasteiger partial charge in [-0.25, -0.2) is 10.4 Å². The molecule has 0 saturated heterocycles. The molecule has 3 aromatic rings. The zero-order chi connectivity index (χ0) is 14.7. The van der Waals surface area contributed by atoms with Gasteiger partial charge in [-0.05, 0) is 31.2 Å². The summed E-state index contributed by atoms with van der Waals surface area (Å²) in [7, 11) is 0. The fourth-order valence-electron chi connectivity index (χ4n) is 2.05. The second-order valence-corrected chi connectivity index (χ2v) is 4.43. The second kappa shape index (κ2) is 5.54. The average Bonchev–Trinajstić information content (AvgIpc) is 2.84. The quantitative estimate of drug-likeness (QED) is 0.587. The number of imidazole rings is 1. The molecule has 3 rings (SSSR count). The second-order valence-electron chi connectivity index (χ2n) is 4.43. The van der Waals surface area contributed by atoms with Gasteiger partial charge in [-0.2, -0.15) is 5.10 Å². The van der Waals surface area contributed by atoms with Gasteiger partial charge < -0.3 is 0 Å². The zero-order valence-corrected chi connectivity index (χ0v) is 11.4. The van der Waals surface area contributed by atoms with Gasteiger partial charge in [0.25, 0.3) is 5.91 Å².